The number of aromatic nitrogens is 2. The number of para-hydroxylation sites is 1. The third kappa shape index (κ3) is 3.03. The molecular formula is C24H24N4O. The number of hydrogen-bond donors (Lipinski definition) is 2. The molecule has 29 heavy (non-hydrogen) atoms. The zero-order valence-corrected chi connectivity index (χ0v) is 16.3. The van der Waals surface area contributed by atoms with Crippen LogP contribution in [0.4, 0.5) is 0 Å². The molecule has 0 bridgehead atoms. The van der Waals surface area contributed by atoms with Crippen LogP contribution < -0.4 is 16.6 Å². The van der Waals surface area contributed by atoms with Gasteiger partial charge in [0.05, 0.1) is 23.4 Å². The summed E-state index contributed by atoms with van der Waals surface area (Å²) in [6, 6.07) is 18.1. The highest BCUT2D eigenvalue weighted by atomic mass is 16.1. The molecule has 4 aromatic rings. The van der Waals surface area contributed by atoms with Gasteiger partial charge in [0, 0.05) is 22.9 Å². The maximum atomic E-state index is 13.1. The fourth-order valence-electron chi connectivity index (χ4n) is 4.32. The first-order chi connectivity index (χ1) is 14.3. The molecule has 0 saturated carbocycles. The van der Waals surface area contributed by atoms with Gasteiger partial charge in [0.25, 0.3) is 5.56 Å². The van der Waals surface area contributed by atoms with Crippen LogP contribution >= 0.6 is 0 Å². The van der Waals surface area contributed by atoms with Gasteiger partial charge in [-0.1, -0.05) is 36.4 Å². The molecule has 2 aromatic carbocycles. The molecule has 3 N–H and O–H groups in total. The average Bonchev–Trinajstić information content (AvgIpc) is 3.12. The molecule has 5 heteroatoms. The van der Waals surface area contributed by atoms with E-state index in [1.165, 1.54) is 5.56 Å². The summed E-state index contributed by atoms with van der Waals surface area (Å²) in [6.07, 6.45) is 2.09. The van der Waals surface area contributed by atoms with Gasteiger partial charge in [0.1, 0.15) is 0 Å². The van der Waals surface area contributed by atoms with Crippen molar-refractivity contribution >= 4 is 21.7 Å². The van der Waals surface area contributed by atoms with Crippen molar-refractivity contribution in [1.29, 1.82) is 0 Å². The van der Waals surface area contributed by atoms with E-state index in [4.69, 9.17) is 10.7 Å². The van der Waals surface area contributed by atoms with E-state index in [9.17, 15) is 4.79 Å². The van der Waals surface area contributed by atoms with Crippen LogP contribution in [0.1, 0.15) is 24.0 Å². The highest BCUT2D eigenvalue weighted by Crippen LogP contribution is 2.36. The van der Waals surface area contributed by atoms with Crippen LogP contribution in [-0.2, 0) is 13.1 Å². The van der Waals surface area contributed by atoms with Gasteiger partial charge >= 0.3 is 0 Å². The van der Waals surface area contributed by atoms with Gasteiger partial charge in [0.2, 0.25) is 0 Å². The number of rotatable bonds is 6. The summed E-state index contributed by atoms with van der Waals surface area (Å²) in [5.74, 6) is 0. The lowest BCUT2D eigenvalue weighted by atomic mass is 10.00. The molecule has 5 nitrogen and oxygen atoms in total. The van der Waals surface area contributed by atoms with Gasteiger partial charge in [0.15, 0.2) is 0 Å². The largest absolute Gasteiger partial charge is 0.330 e. The minimum atomic E-state index is 0.0574. The Morgan fingerprint density at radius 1 is 1.03 bits per heavy atom. The number of nitrogens with zero attached hydrogens (tertiary/aromatic N) is 2. The van der Waals surface area contributed by atoms with E-state index in [0.29, 0.717) is 6.54 Å². The Labute approximate surface area is 169 Å². The number of nitrogens with one attached hydrogen (secondary N) is 1. The first kappa shape index (κ1) is 18.0. The Balaban J connectivity index is 1.65. The second-order valence-electron chi connectivity index (χ2n) is 7.62. The van der Waals surface area contributed by atoms with Crippen molar-refractivity contribution in [2.75, 3.05) is 13.1 Å². The lowest BCUT2D eigenvalue weighted by Crippen LogP contribution is -2.20. The molecule has 0 radical (unpaired) electrons. The molecule has 0 spiro atoms. The average molecular weight is 384 g/mol. The summed E-state index contributed by atoms with van der Waals surface area (Å²) < 4.78 is 1.87. The van der Waals surface area contributed by atoms with Crippen LogP contribution in [0, 0.1) is 0 Å². The summed E-state index contributed by atoms with van der Waals surface area (Å²) in [5.41, 5.74) is 10.9. The van der Waals surface area contributed by atoms with Crippen molar-refractivity contribution in [2.45, 2.75) is 25.9 Å². The van der Waals surface area contributed by atoms with Crippen LogP contribution in [0.25, 0.3) is 33.1 Å². The number of hydrogen-bond acceptors (Lipinski definition) is 4. The summed E-state index contributed by atoms with van der Waals surface area (Å²) >= 11 is 0. The highest BCUT2D eigenvalue weighted by Gasteiger charge is 2.26. The summed E-state index contributed by atoms with van der Waals surface area (Å²) in [7, 11) is 0. The first-order valence-electron chi connectivity index (χ1n) is 10.2. The molecule has 0 amide bonds. The van der Waals surface area contributed by atoms with Gasteiger partial charge in [-0.15, -0.1) is 0 Å². The summed E-state index contributed by atoms with van der Waals surface area (Å²) in [4.78, 5) is 18.1. The standard InChI is InChI=1S/C24H24N4O/c25-11-5-6-12-26-14-19-18-9-3-4-10-21(18)27-23-20(19)15-28-22(23)13-16-7-1-2-8-17(16)24(28)29/h1-4,7-10,13,26H,5-6,11-12,14-15,25H2. The summed E-state index contributed by atoms with van der Waals surface area (Å²) in [5, 5.41) is 6.44. The number of fused-ring (bicyclic) bond motifs is 5. The van der Waals surface area contributed by atoms with Crippen LogP contribution in [0.5, 0.6) is 0 Å². The Hall–Kier alpha value is -3.02. The molecule has 0 fully saturated rings. The smallest absolute Gasteiger partial charge is 0.259 e. The van der Waals surface area contributed by atoms with Crippen molar-refractivity contribution in [3.63, 3.8) is 0 Å². The molecule has 0 aliphatic carbocycles. The third-order valence-electron chi connectivity index (χ3n) is 5.80. The fraction of sp³-hybridized carbons (Fsp3) is 0.250. The number of nitrogens with two attached hydrogens (primary N) is 1. The Morgan fingerprint density at radius 3 is 2.69 bits per heavy atom. The summed E-state index contributed by atoms with van der Waals surface area (Å²) in [6.45, 7) is 2.99. The van der Waals surface area contributed by atoms with Gasteiger partial charge in [-0.3, -0.25) is 4.79 Å². The second kappa shape index (κ2) is 7.43. The molecule has 1 aliphatic rings. The van der Waals surface area contributed by atoms with Crippen molar-refractivity contribution < 1.29 is 0 Å². The molecule has 0 saturated heterocycles. The normalized spacial score (nSPS) is 12.4. The van der Waals surface area contributed by atoms with Crippen molar-refractivity contribution in [2.24, 2.45) is 5.73 Å². The minimum absolute atomic E-state index is 0.0574. The van der Waals surface area contributed by atoms with Crippen LogP contribution in [0.3, 0.4) is 0 Å². The molecular weight excluding hydrogens is 360 g/mol. The molecule has 2 aromatic heterocycles. The monoisotopic (exact) mass is 384 g/mol. The Morgan fingerprint density at radius 2 is 1.83 bits per heavy atom. The van der Waals surface area contributed by atoms with Gasteiger partial charge < -0.3 is 15.6 Å². The van der Waals surface area contributed by atoms with Crippen LogP contribution in [0.15, 0.2) is 59.4 Å². The first-order valence-corrected chi connectivity index (χ1v) is 10.2. The number of pyridine rings is 2. The van der Waals surface area contributed by atoms with E-state index >= 15 is 0 Å². The predicted molar refractivity (Wildman–Crippen MR) is 118 cm³/mol. The molecule has 0 atom stereocenters. The number of unbranched alkanes of at least 4 members (excludes halogenated alkanes) is 1. The quantitative estimate of drug-likeness (QED) is 0.440. The molecule has 5 rings (SSSR count). The van der Waals surface area contributed by atoms with Crippen LogP contribution in [0.2, 0.25) is 0 Å². The topological polar surface area (TPSA) is 72.9 Å². The van der Waals surface area contributed by atoms with Crippen LogP contribution in [-0.4, -0.2) is 22.6 Å². The predicted octanol–water partition coefficient (Wildman–Crippen LogP) is 3.41. The third-order valence-corrected chi connectivity index (χ3v) is 5.80. The fourth-order valence-corrected chi connectivity index (χ4v) is 4.32. The van der Waals surface area contributed by atoms with Gasteiger partial charge in [-0.2, -0.15) is 0 Å². The van der Waals surface area contributed by atoms with Gasteiger partial charge in [-0.25, -0.2) is 4.98 Å². The second-order valence-corrected chi connectivity index (χ2v) is 7.62. The lowest BCUT2D eigenvalue weighted by molar-refractivity contribution is 0.626. The highest BCUT2D eigenvalue weighted by molar-refractivity contribution is 5.91. The molecule has 146 valence electrons. The van der Waals surface area contributed by atoms with Gasteiger partial charge in [-0.05, 0) is 55.1 Å². The van der Waals surface area contributed by atoms with Crippen molar-refractivity contribution in [1.82, 2.24) is 14.9 Å². The molecule has 3 heterocycles. The van der Waals surface area contributed by atoms with E-state index in [1.807, 2.05) is 34.9 Å². The lowest BCUT2D eigenvalue weighted by Gasteiger charge is -2.13. The zero-order chi connectivity index (χ0) is 19.8. The molecule has 1 aliphatic heterocycles. The zero-order valence-electron chi connectivity index (χ0n) is 16.3. The maximum absolute atomic E-state index is 13.1. The van der Waals surface area contributed by atoms with E-state index < -0.39 is 0 Å². The maximum Gasteiger partial charge on any atom is 0.259 e. The van der Waals surface area contributed by atoms with E-state index in [-0.39, 0.29) is 5.56 Å². The van der Waals surface area contributed by atoms with Crippen molar-refractivity contribution in [3.05, 3.63) is 76.1 Å². The van der Waals surface area contributed by atoms with E-state index in [1.54, 1.807) is 0 Å². The van der Waals surface area contributed by atoms with E-state index in [2.05, 4.69) is 29.6 Å². The van der Waals surface area contributed by atoms with E-state index in [0.717, 1.165) is 71.1 Å². The minimum Gasteiger partial charge on any atom is -0.330 e. The van der Waals surface area contributed by atoms with Crippen molar-refractivity contribution in [3.8, 4) is 11.4 Å². The SMILES string of the molecule is NCCCCNCc1c2c(nc3ccccc13)-c1cc3ccccc3c(=O)n1C2. The Bertz CT molecular complexity index is 1280. The number of benzene rings is 2. The Kier molecular flexibility index (Phi) is 4.62. The molecule has 0 unspecified atom stereocenters.